The summed E-state index contributed by atoms with van der Waals surface area (Å²) < 4.78 is 0. The van der Waals surface area contributed by atoms with Crippen molar-refractivity contribution >= 4 is 11.3 Å². The van der Waals surface area contributed by atoms with Crippen molar-refractivity contribution in [3.05, 3.63) is 34.5 Å². The molecule has 0 saturated carbocycles. The zero-order valence-corrected chi connectivity index (χ0v) is 13.0. The average Bonchev–Trinajstić information content (AvgIpc) is 2.96. The molecule has 20 heavy (non-hydrogen) atoms. The van der Waals surface area contributed by atoms with Crippen LogP contribution in [0.5, 0.6) is 0 Å². The van der Waals surface area contributed by atoms with Crippen molar-refractivity contribution in [3.8, 4) is 10.7 Å². The van der Waals surface area contributed by atoms with Gasteiger partial charge in [0.2, 0.25) is 0 Å². The Morgan fingerprint density at radius 3 is 3.00 bits per heavy atom. The van der Waals surface area contributed by atoms with Gasteiger partial charge in [0.1, 0.15) is 0 Å². The van der Waals surface area contributed by atoms with Crippen LogP contribution < -0.4 is 5.32 Å². The topological polar surface area (TPSA) is 37.8 Å². The van der Waals surface area contributed by atoms with E-state index in [-0.39, 0.29) is 0 Å². The van der Waals surface area contributed by atoms with Crippen LogP contribution in [-0.4, -0.2) is 16.5 Å². The molecule has 1 aliphatic carbocycles. The molecule has 1 aliphatic rings. The van der Waals surface area contributed by atoms with Gasteiger partial charge in [-0.3, -0.25) is 0 Å². The van der Waals surface area contributed by atoms with E-state index in [0.717, 1.165) is 25.2 Å². The van der Waals surface area contributed by atoms with Crippen molar-refractivity contribution in [2.75, 3.05) is 6.54 Å². The fourth-order valence-electron chi connectivity index (χ4n) is 2.81. The number of nitrogens with one attached hydrogen (secondary N) is 1. The van der Waals surface area contributed by atoms with Crippen molar-refractivity contribution in [1.29, 1.82) is 0 Å². The second kappa shape index (κ2) is 6.02. The summed E-state index contributed by atoms with van der Waals surface area (Å²) in [6.07, 6.45) is 6.61. The van der Waals surface area contributed by atoms with Crippen LogP contribution in [0.1, 0.15) is 48.9 Å². The lowest BCUT2D eigenvalue weighted by Gasteiger charge is -2.25. The third kappa shape index (κ3) is 2.63. The Balaban J connectivity index is 1.92. The van der Waals surface area contributed by atoms with Crippen molar-refractivity contribution in [3.63, 3.8) is 0 Å². The molecule has 0 bridgehead atoms. The highest BCUT2D eigenvalue weighted by molar-refractivity contribution is 7.15. The molecule has 0 aliphatic heterocycles. The first-order chi connectivity index (χ1) is 9.81. The van der Waals surface area contributed by atoms with Gasteiger partial charge >= 0.3 is 0 Å². The number of fused-ring (bicyclic) bond motifs is 1. The molecule has 0 amide bonds. The molecule has 1 N–H and O–H groups in total. The molecule has 106 valence electrons. The summed E-state index contributed by atoms with van der Waals surface area (Å²) in [6, 6.07) is 4.77. The number of nitrogens with zero attached hydrogens (tertiary/aromatic N) is 2. The Kier molecular flexibility index (Phi) is 4.13. The largest absolute Gasteiger partial charge is 0.310 e. The lowest BCUT2D eigenvalue weighted by Crippen LogP contribution is -2.25. The quantitative estimate of drug-likeness (QED) is 0.930. The fraction of sp³-hybridized carbons (Fsp3) is 0.500. The summed E-state index contributed by atoms with van der Waals surface area (Å²) in [5.41, 5.74) is 2.53. The van der Waals surface area contributed by atoms with Crippen LogP contribution in [0, 0.1) is 0 Å². The molecular formula is C16H21N3S. The molecule has 2 heterocycles. The summed E-state index contributed by atoms with van der Waals surface area (Å²) in [4.78, 5) is 12.0. The normalized spacial score (nSPS) is 18.0. The molecular weight excluding hydrogens is 266 g/mol. The van der Waals surface area contributed by atoms with Gasteiger partial charge < -0.3 is 5.32 Å². The van der Waals surface area contributed by atoms with Crippen LogP contribution in [-0.2, 0) is 12.8 Å². The molecule has 3 nitrogen and oxygen atoms in total. The van der Waals surface area contributed by atoms with Gasteiger partial charge in [-0.05, 0) is 44.4 Å². The number of hydrogen-bond acceptors (Lipinski definition) is 4. The van der Waals surface area contributed by atoms with Crippen molar-refractivity contribution in [2.45, 2.75) is 45.6 Å². The van der Waals surface area contributed by atoms with Crippen molar-refractivity contribution in [1.82, 2.24) is 15.3 Å². The summed E-state index contributed by atoms with van der Waals surface area (Å²) in [5, 5.41) is 3.54. The Morgan fingerprint density at radius 2 is 2.25 bits per heavy atom. The molecule has 0 radical (unpaired) electrons. The van der Waals surface area contributed by atoms with E-state index in [1.165, 1.54) is 33.9 Å². The minimum atomic E-state index is 0.437. The molecule has 0 aromatic carbocycles. The lowest BCUT2D eigenvalue weighted by atomic mass is 9.92. The van der Waals surface area contributed by atoms with Crippen molar-refractivity contribution in [2.24, 2.45) is 0 Å². The van der Waals surface area contributed by atoms with E-state index in [1.807, 2.05) is 17.5 Å². The maximum atomic E-state index is 4.82. The fourth-order valence-corrected chi connectivity index (χ4v) is 3.70. The van der Waals surface area contributed by atoms with E-state index < -0.39 is 0 Å². The molecule has 0 saturated heterocycles. The van der Waals surface area contributed by atoms with Crippen LogP contribution in [0.15, 0.2) is 18.3 Å². The van der Waals surface area contributed by atoms with Crippen LogP contribution in [0.25, 0.3) is 10.7 Å². The summed E-state index contributed by atoms with van der Waals surface area (Å²) >= 11 is 1.81. The van der Waals surface area contributed by atoms with Crippen LogP contribution in [0.3, 0.4) is 0 Å². The maximum Gasteiger partial charge on any atom is 0.169 e. The number of aromatic nitrogens is 2. The first-order valence-corrected chi connectivity index (χ1v) is 8.31. The highest BCUT2D eigenvalue weighted by Crippen LogP contribution is 2.31. The van der Waals surface area contributed by atoms with Crippen LogP contribution in [0.4, 0.5) is 0 Å². The highest BCUT2D eigenvalue weighted by atomic mass is 32.1. The van der Waals surface area contributed by atoms with Crippen LogP contribution >= 0.6 is 11.3 Å². The minimum absolute atomic E-state index is 0.437. The summed E-state index contributed by atoms with van der Waals surface area (Å²) in [5.74, 6) is 0.894. The third-order valence-electron chi connectivity index (χ3n) is 3.86. The maximum absolute atomic E-state index is 4.82. The number of hydrogen-bond donors (Lipinski definition) is 1. The number of thiophene rings is 1. The van der Waals surface area contributed by atoms with Gasteiger partial charge in [0, 0.05) is 28.4 Å². The standard InChI is InChI=1S/C16H21N3S/c1-3-11-8-9-15(20-11)16-18-10-12-13(17-4-2)6-5-7-14(12)19-16/h8-10,13,17H,3-7H2,1-2H3. The van der Waals surface area contributed by atoms with Crippen LogP contribution in [0.2, 0.25) is 0 Å². The highest BCUT2D eigenvalue weighted by Gasteiger charge is 2.21. The van der Waals surface area contributed by atoms with E-state index in [0.29, 0.717) is 6.04 Å². The first kappa shape index (κ1) is 13.7. The third-order valence-corrected chi connectivity index (χ3v) is 5.09. The Hall–Kier alpha value is -1.26. The zero-order chi connectivity index (χ0) is 13.9. The number of aryl methyl sites for hydroxylation is 2. The van der Waals surface area contributed by atoms with Gasteiger partial charge in [-0.15, -0.1) is 11.3 Å². The Morgan fingerprint density at radius 1 is 1.35 bits per heavy atom. The second-order valence-electron chi connectivity index (χ2n) is 5.22. The van der Waals surface area contributed by atoms with Gasteiger partial charge in [-0.2, -0.15) is 0 Å². The van der Waals surface area contributed by atoms with E-state index >= 15 is 0 Å². The predicted octanol–water partition coefficient (Wildman–Crippen LogP) is 3.75. The monoisotopic (exact) mass is 287 g/mol. The van der Waals surface area contributed by atoms with Gasteiger partial charge in [0.05, 0.1) is 4.88 Å². The lowest BCUT2D eigenvalue weighted by molar-refractivity contribution is 0.464. The first-order valence-electron chi connectivity index (χ1n) is 7.50. The Labute approximate surface area is 124 Å². The van der Waals surface area contributed by atoms with Crippen molar-refractivity contribution < 1.29 is 0 Å². The van der Waals surface area contributed by atoms with Gasteiger partial charge in [0.15, 0.2) is 5.82 Å². The van der Waals surface area contributed by atoms with Gasteiger partial charge in [-0.1, -0.05) is 13.8 Å². The molecule has 1 unspecified atom stereocenters. The molecule has 4 heteroatoms. The molecule has 0 fully saturated rings. The molecule has 0 spiro atoms. The summed E-state index contributed by atoms with van der Waals surface area (Å²) in [7, 11) is 0. The number of rotatable bonds is 4. The van der Waals surface area contributed by atoms with E-state index in [4.69, 9.17) is 4.98 Å². The van der Waals surface area contributed by atoms with Gasteiger partial charge in [-0.25, -0.2) is 9.97 Å². The smallest absolute Gasteiger partial charge is 0.169 e. The molecule has 1 atom stereocenters. The molecule has 3 rings (SSSR count). The molecule has 2 aromatic rings. The SMILES string of the molecule is CCNC1CCCc2nc(-c3ccc(CC)s3)ncc21. The minimum Gasteiger partial charge on any atom is -0.310 e. The average molecular weight is 287 g/mol. The predicted molar refractivity (Wildman–Crippen MR) is 84.1 cm³/mol. The van der Waals surface area contributed by atoms with E-state index in [1.54, 1.807) is 0 Å². The van der Waals surface area contributed by atoms with E-state index in [9.17, 15) is 0 Å². The Bertz CT molecular complexity index is 591. The summed E-state index contributed by atoms with van der Waals surface area (Å²) in [6.45, 7) is 5.34. The second-order valence-corrected chi connectivity index (χ2v) is 6.39. The molecule has 2 aromatic heterocycles. The van der Waals surface area contributed by atoms with Gasteiger partial charge in [0.25, 0.3) is 0 Å². The van der Waals surface area contributed by atoms with E-state index in [2.05, 4.69) is 36.3 Å². The zero-order valence-electron chi connectivity index (χ0n) is 12.1.